The minimum Gasteiger partial charge on any atom is -0.454 e. The molecule has 2 fully saturated rings. The van der Waals surface area contributed by atoms with Crippen molar-refractivity contribution in [1.29, 1.82) is 0 Å². The molecule has 4 N–H and O–H groups in total. The number of nitrogens with zero attached hydrogens (tertiary/aromatic N) is 1. The molecule has 4 aliphatic rings. The predicted octanol–water partition coefficient (Wildman–Crippen LogP) is 1.25. The average molecular weight is 497 g/mol. The normalized spacial score (nSPS) is 28.0. The largest absolute Gasteiger partial charge is 0.454 e. The van der Waals surface area contributed by atoms with E-state index in [2.05, 4.69) is 10.6 Å². The molecule has 6 rings (SSSR count). The summed E-state index contributed by atoms with van der Waals surface area (Å²) in [6.45, 7) is 0.126. The van der Waals surface area contributed by atoms with E-state index < -0.39 is 47.0 Å². The number of nitrogens with two attached hydrogens (primary N) is 1. The van der Waals surface area contributed by atoms with Crippen LogP contribution < -0.4 is 25.8 Å². The number of imide groups is 1. The molecule has 0 radical (unpaired) electrons. The highest BCUT2D eigenvalue weighted by Crippen LogP contribution is 2.54. The van der Waals surface area contributed by atoms with E-state index in [1.54, 1.807) is 36.4 Å². The maximum absolute atomic E-state index is 13.8. The highest BCUT2D eigenvalue weighted by Gasteiger charge is 2.70. The van der Waals surface area contributed by atoms with Crippen molar-refractivity contribution in [2.45, 2.75) is 31.0 Å². The molecule has 4 atom stereocenters. The van der Waals surface area contributed by atoms with Crippen molar-refractivity contribution in [3.05, 3.63) is 52.5 Å². The number of likely N-dealkylation sites (tertiary alicyclic amines) is 1. The van der Waals surface area contributed by atoms with Gasteiger partial charge < -0.3 is 20.5 Å². The van der Waals surface area contributed by atoms with E-state index in [-0.39, 0.29) is 26.2 Å². The minimum absolute atomic E-state index is 0.00458. The van der Waals surface area contributed by atoms with E-state index in [0.717, 1.165) is 0 Å². The van der Waals surface area contributed by atoms with Gasteiger partial charge in [0.2, 0.25) is 30.4 Å². The lowest BCUT2D eigenvalue weighted by atomic mass is 9.76. The van der Waals surface area contributed by atoms with Crippen molar-refractivity contribution < 1.29 is 28.7 Å². The lowest BCUT2D eigenvalue weighted by Gasteiger charge is -2.29. The molecule has 0 unspecified atom stereocenters. The number of nitrogens with one attached hydrogen (secondary N) is 2. The molecule has 0 bridgehead atoms. The summed E-state index contributed by atoms with van der Waals surface area (Å²) >= 11 is 6.25. The Labute approximate surface area is 204 Å². The van der Waals surface area contributed by atoms with Crippen LogP contribution in [0.4, 0.5) is 5.69 Å². The van der Waals surface area contributed by atoms with Crippen LogP contribution in [0.15, 0.2) is 36.4 Å². The molecule has 0 saturated carbocycles. The molecule has 1 spiro atoms. The first-order valence-corrected chi connectivity index (χ1v) is 11.6. The second kappa shape index (κ2) is 7.69. The maximum Gasteiger partial charge on any atom is 0.250 e. The van der Waals surface area contributed by atoms with E-state index >= 15 is 0 Å². The van der Waals surface area contributed by atoms with Crippen molar-refractivity contribution in [2.75, 3.05) is 12.1 Å². The van der Waals surface area contributed by atoms with Gasteiger partial charge >= 0.3 is 0 Å². The number of carbonyl (C=O) groups is 4. The molecule has 2 saturated heterocycles. The molecule has 35 heavy (non-hydrogen) atoms. The summed E-state index contributed by atoms with van der Waals surface area (Å²) in [6, 6.07) is 9.55. The second-order valence-corrected chi connectivity index (χ2v) is 9.60. The van der Waals surface area contributed by atoms with E-state index in [1.165, 1.54) is 4.90 Å². The van der Waals surface area contributed by atoms with Crippen molar-refractivity contribution >= 4 is 40.9 Å². The smallest absolute Gasteiger partial charge is 0.250 e. The molecule has 180 valence electrons. The average Bonchev–Trinajstić information content (AvgIpc) is 3.55. The number of carbonyl (C=O) groups excluding carboxylic acids is 4. The quantitative estimate of drug-likeness (QED) is 0.529. The van der Waals surface area contributed by atoms with Gasteiger partial charge in [-0.05, 0) is 42.3 Å². The highest BCUT2D eigenvalue weighted by atomic mass is 35.5. The van der Waals surface area contributed by atoms with Crippen LogP contribution in [-0.4, -0.2) is 41.4 Å². The number of rotatable bonds is 5. The Morgan fingerprint density at radius 1 is 1.11 bits per heavy atom. The Bertz CT molecular complexity index is 1310. The third-order valence-electron chi connectivity index (χ3n) is 7.25. The topological polar surface area (TPSA) is 140 Å². The first kappa shape index (κ1) is 21.9. The number of hydrogen-bond acceptors (Lipinski definition) is 7. The van der Waals surface area contributed by atoms with Crippen molar-refractivity contribution in [3.8, 4) is 11.5 Å². The number of ether oxygens (including phenoxy) is 2. The molecule has 0 aromatic heterocycles. The molecule has 10 nitrogen and oxygen atoms in total. The zero-order chi connectivity index (χ0) is 24.5. The van der Waals surface area contributed by atoms with Crippen molar-refractivity contribution in [2.24, 2.45) is 17.6 Å². The molecular formula is C24H21ClN4O6. The Hall–Kier alpha value is -3.63. The van der Waals surface area contributed by atoms with E-state index in [4.69, 9.17) is 26.8 Å². The molecule has 11 heteroatoms. The van der Waals surface area contributed by atoms with Crippen LogP contribution in [0.5, 0.6) is 11.5 Å². The van der Waals surface area contributed by atoms with Gasteiger partial charge in [0.15, 0.2) is 11.5 Å². The molecule has 4 heterocycles. The second-order valence-electron chi connectivity index (χ2n) is 9.16. The fourth-order valence-electron chi connectivity index (χ4n) is 5.76. The van der Waals surface area contributed by atoms with Crippen LogP contribution in [0, 0.1) is 11.8 Å². The van der Waals surface area contributed by atoms with E-state index in [0.29, 0.717) is 33.3 Å². The van der Waals surface area contributed by atoms with Crippen molar-refractivity contribution in [1.82, 2.24) is 10.2 Å². The molecule has 4 amide bonds. The van der Waals surface area contributed by atoms with Gasteiger partial charge in [-0.2, -0.15) is 0 Å². The zero-order valence-corrected chi connectivity index (χ0v) is 19.1. The molecule has 2 aromatic carbocycles. The highest BCUT2D eigenvalue weighted by molar-refractivity contribution is 6.31. The van der Waals surface area contributed by atoms with Gasteiger partial charge in [0.25, 0.3) is 0 Å². The number of amides is 4. The van der Waals surface area contributed by atoms with Gasteiger partial charge in [-0.25, -0.2) is 0 Å². The maximum atomic E-state index is 13.8. The number of halogens is 1. The zero-order valence-electron chi connectivity index (χ0n) is 18.4. The lowest BCUT2D eigenvalue weighted by Crippen LogP contribution is -2.53. The minimum atomic E-state index is -1.48. The van der Waals surface area contributed by atoms with Crippen LogP contribution in [0.3, 0.4) is 0 Å². The first-order chi connectivity index (χ1) is 16.8. The fourth-order valence-corrected chi connectivity index (χ4v) is 5.93. The van der Waals surface area contributed by atoms with Crippen LogP contribution in [0.2, 0.25) is 5.02 Å². The van der Waals surface area contributed by atoms with Gasteiger partial charge in [0, 0.05) is 28.7 Å². The molecule has 0 aliphatic carbocycles. The van der Waals surface area contributed by atoms with Crippen molar-refractivity contribution in [3.63, 3.8) is 0 Å². The van der Waals surface area contributed by atoms with Crippen LogP contribution in [0.25, 0.3) is 0 Å². The Morgan fingerprint density at radius 3 is 2.71 bits per heavy atom. The summed E-state index contributed by atoms with van der Waals surface area (Å²) in [5, 5.41) is 6.47. The van der Waals surface area contributed by atoms with Gasteiger partial charge in [-0.15, -0.1) is 0 Å². The Balaban J connectivity index is 1.40. The number of anilines is 1. The third kappa shape index (κ3) is 3.13. The van der Waals surface area contributed by atoms with Crippen LogP contribution >= 0.6 is 11.6 Å². The number of fused-ring (bicyclic) bond motifs is 5. The van der Waals surface area contributed by atoms with Gasteiger partial charge in [-0.3, -0.25) is 29.4 Å². The van der Waals surface area contributed by atoms with Gasteiger partial charge in [0.05, 0.1) is 18.4 Å². The lowest BCUT2D eigenvalue weighted by molar-refractivity contribution is -0.143. The first-order valence-electron chi connectivity index (χ1n) is 11.2. The summed E-state index contributed by atoms with van der Waals surface area (Å²) in [5.74, 6) is -2.54. The predicted molar refractivity (Wildman–Crippen MR) is 122 cm³/mol. The summed E-state index contributed by atoms with van der Waals surface area (Å²) in [4.78, 5) is 53.6. The number of hydrogen-bond donors (Lipinski definition) is 3. The molecule has 4 aliphatic heterocycles. The SMILES string of the molecule is NC(=O)CC[C@H]1N[C@]2(C(=O)Nc3ccc(Cl)cc32)[C@@H]2C(=O)N(Cc3ccc4c(c3)OCO4)C(=O)[C@@H]21. The molecular weight excluding hydrogens is 476 g/mol. The van der Waals surface area contributed by atoms with E-state index in [9.17, 15) is 19.2 Å². The van der Waals surface area contributed by atoms with Crippen LogP contribution in [-0.2, 0) is 31.3 Å². The summed E-state index contributed by atoms with van der Waals surface area (Å²) in [5.41, 5.74) is 5.60. The number of benzene rings is 2. The van der Waals surface area contributed by atoms with E-state index in [1.807, 2.05) is 0 Å². The summed E-state index contributed by atoms with van der Waals surface area (Å²) < 4.78 is 10.7. The third-order valence-corrected chi connectivity index (χ3v) is 7.48. The number of primary amides is 1. The van der Waals surface area contributed by atoms with Crippen LogP contribution in [0.1, 0.15) is 24.0 Å². The Morgan fingerprint density at radius 2 is 1.91 bits per heavy atom. The fraction of sp³-hybridized carbons (Fsp3) is 0.333. The molecule has 2 aromatic rings. The summed E-state index contributed by atoms with van der Waals surface area (Å²) in [7, 11) is 0. The Kier molecular flexibility index (Phi) is 4.81. The van der Waals surface area contributed by atoms with Gasteiger partial charge in [0.1, 0.15) is 5.54 Å². The monoisotopic (exact) mass is 496 g/mol. The summed E-state index contributed by atoms with van der Waals surface area (Å²) in [6.07, 6.45) is 0.211. The van der Waals surface area contributed by atoms with Gasteiger partial charge in [-0.1, -0.05) is 17.7 Å². The standard InChI is InChI=1S/C24H21ClN4O6/c25-12-2-3-14-13(8-12)24(23(33)27-14)20-19(15(28-24)4-6-18(26)30)21(31)29(22(20)32)9-11-1-5-16-17(7-11)35-10-34-16/h1-3,5,7-8,15,19-20,28H,4,6,9-10H2,(H2,26,30)(H,27,33)/t15-,19-,20+,24+/m1/s1.